The number of hydrogen-bond acceptors (Lipinski definition) is 3. The largest absolute Gasteiger partial charge is 0.479 e. The van der Waals surface area contributed by atoms with Crippen LogP contribution in [0.4, 0.5) is 4.79 Å². The van der Waals surface area contributed by atoms with Crippen LogP contribution in [-0.4, -0.2) is 39.8 Å². The second-order valence-electron chi connectivity index (χ2n) is 6.24. The average Bonchev–Trinajstić information content (AvgIpc) is 2.70. The highest BCUT2D eigenvalue weighted by Gasteiger charge is 2.59. The molecule has 2 rings (SSSR count). The van der Waals surface area contributed by atoms with Crippen molar-refractivity contribution in [3.8, 4) is 0 Å². The summed E-state index contributed by atoms with van der Waals surface area (Å²) < 4.78 is 5.33. The van der Waals surface area contributed by atoms with Crippen LogP contribution in [0.3, 0.4) is 0 Å². The summed E-state index contributed by atoms with van der Waals surface area (Å²) in [5, 5.41) is 9.54. The fourth-order valence-corrected chi connectivity index (χ4v) is 3.25. The number of carbonyl (C=O) groups excluding carboxylic acids is 1. The summed E-state index contributed by atoms with van der Waals surface area (Å²) in [4.78, 5) is 25.2. The second-order valence-corrected chi connectivity index (χ2v) is 6.24. The standard InChI is InChI=1S/C13H21NO4/c1-12(2,3)18-11(17)14-8-6-9-5-4-7-13(9,14)10(15)16/h9H,4-8H2,1-3H3,(H,15,16)/t9-,13-/m1/s1. The molecular formula is C13H21NO4. The SMILES string of the molecule is CC(C)(C)OC(=O)N1CC[C@H]2CCC[C@]21C(=O)O. The van der Waals surface area contributed by atoms with E-state index in [0.717, 1.165) is 19.3 Å². The van der Waals surface area contributed by atoms with E-state index in [1.807, 2.05) is 0 Å². The van der Waals surface area contributed by atoms with Gasteiger partial charge < -0.3 is 9.84 Å². The average molecular weight is 255 g/mol. The molecule has 0 aromatic rings. The van der Waals surface area contributed by atoms with Crippen molar-refractivity contribution < 1.29 is 19.4 Å². The predicted molar refractivity (Wildman–Crippen MR) is 65.3 cm³/mol. The summed E-state index contributed by atoms with van der Waals surface area (Å²) in [6.07, 6.45) is 2.59. The Morgan fingerprint density at radius 1 is 1.33 bits per heavy atom. The molecule has 1 aliphatic carbocycles. The third kappa shape index (κ3) is 1.95. The number of hydrogen-bond donors (Lipinski definition) is 1. The third-order valence-corrected chi connectivity index (χ3v) is 3.95. The van der Waals surface area contributed by atoms with Crippen molar-refractivity contribution in [2.75, 3.05) is 6.54 Å². The number of fused-ring (bicyclic) bond motifs is 1. The van der Waals surface area contributed by atoms with Crippen molar-refractivity contribution in [3.05, 3.63) is 0 Å². The van der Waals surface area contributed by atoms with Crippen LogP contribution in [0.1, 0.15) is 46.5 Å². The van der Waals surface area contributed by atoms with Gasteiger partial charge in [-0.15, -0.1) is 0 Å². The van der Waals surface area contributed by atoms with Gasteiger partial charge in [0.25, 0.3) is 0 Å². The van der Waals surface area contributed by atoms with E-state index in [2.05, 4.69) is 0 Å². The molecule has 1 heterocycles. The van der Waals surface area contributed by atoms with E-state index in [-0.39, 0.29) is 5.92 Å². The van der Waals surface area contributed by atoms with Crippen LogP contribution in [-0.2, 0) is 9.53 Å². The lowest BCUT2D eigenvalue weighted by Crippen LogP contribution is -2.55. The van der Waals surface area contributed by atoms with Gasteiger partial charge in [0, 0.05) is 6.54 Å². The number of rotatable bonds is 1. The van der Waals surface area contributed by atoms with Gasteiger partial charge in [-0.05, 0) is 46.0 Å². The zero-order valence-corrected chi connectivity index (χ0v) is 11.2. The highest BCUT2D eigenvalue weighted by Crippen LogP contribution is 2.47. The van der Waals surface area contributed by atoms with Gasteiger partial charge in [0.15, 0.2) is 0 Å². The molecule has 0 radical (unpaired) electrons. The van der Waals surface area contributed by atoms with Gasteiger partial charge in [0.2, 0.25) is 0 Å². The van der Waals surface area contributed by atoms with Crippen LogP contribution in [0.5, 0.6) is 0 Å². The normalized spacial score (nSPS) is 31.3. The molecule has 18 heavy (non-hydrogen) atoms. The van der Waals surface area contributed by atoms with E-state index in [1.54, 1.807) is 20.8 Å². The predicted octanol–water partition coefficient (Wildman–Crippen LogP) is 2.25. The van der Waals surface area contributed by atoms with Crippen molar-refractivity contribution in [1.29, 1.82) is 0 Å². The van der Waals surface area contributed by atoms with Gasteiger partial charge >= 0.3 is 12.1 Å². The molecule has 102 valence electrons. The number of carboxylic acid groups (broad SMARTS) is 1. The Hall–Kier alpha value is -1.26. The van der Waals surface area contributed by atoms with Gasteiger partial charge in [-0.25, -0.2) is 9.59 Å². The Labute approximate surface area is 107 Å². The van der Waals surface area contributed by atoms with Gasteiger partial charge in [-0.2, -0.15) is 0 Å². The molecule has 0 bridgehead atoms. The highest BCUT2D eigenvalue weighted by molar-refractivity contribution is 5.86. The zero-order chi connectivity index (χ0) is 13.6. The number of carboxylic acids is 1. The van der Waals surface area contributed by atoms with Gasteiger partial charge in [0.05, 0.1) is 0 Å². The lowest BCUT2D eigenvalue weighted by molar-refractivity contribution is -0.150. The summed E-state index contributed by atoms with van der Waals surface area (Å²) in [5.41, 5.74) is -1.60. The summed E-state index contributed by atoms with van der Waals surface area (Å²) >= 11 is 0. The smallest absolute Gasteiger partial charge is 0.411 e. The molecule has 2 fully saturated rings. The Morgan fingerprint density at radius 2 is 2.00 bits per heavy atom. The molecule has 1 N–H and O–H groups in total. The molecule has 5 nitrogen and oxygen atoms in total. The van der Waals surface area contributed by atoms with Crippen LogP contribution in [0.2, 0.25) is 0 Å². The van der Waals surface area contributed by atoms with Crippen LogP contribution in [0.25, 0.3) is 0 Å². The van der Waals surface area contributed by atoms with E-state index in [1.165, 1.54) is 4.90 Å². The van der Waals surface area contributed by atoms with Crippen molar-refractivity contribution in [1.82, 2.24) is 4.90 Å². The van der Waals surface area contributed by atoms with Crippen molar-refractivity contribution in [2.45, 2.75) is 57.6 Å². The Bertz CT molecular complexity index is 374. The van der Waals surface area contributed by atoms with Crippen LogP contribution >= 0.6 is 0 Å². The fraction of sp³-hybridized carbons (Fsp3) is 0.846. The molecule has 1 amide bonds. The second kappa shape index (κ2) is 4.14. The highest BCUT2D eigenvalue weighted by atomic mass is 16.6. The van der Waals surface area contributed by atoms with Crippen LogP contribution in [0, 0.1) is 5.92 Å². The molecule has 0 aromatic carbocycles. The first kappa shape index (κ1) is 13.2. The topological polar surface area (TPSA) is 66.8 Å². The maximum Gasteiger partial charge on any atom is 0.411 e. The monoisotopic (exact) mass is 255 g/mol. The molecule has 2 aliphatic rings. The molecule has 0 spiro atoms. The molecule has 2 atom stereocenters. The van der Waals surface area contributed by atoms with E-state index in [0.29, 0.717) is 13.0 Å². The molecule has 0 unspecified atom stereocenters. The molecule has 1 saturated heterocycles. The minimum atomic E-state index is -1.01. The van der Waals surface area contributed by atoms with E-state index in [9.17, 15) is 14.7 Å². The number of aliphatic carboxylic acids is 1. The van der Waals surface area contributed by atoms with Crippen LogP contribution < -0.4 is 0 Å². The number of amides is 1. The summed E-state index contributed by atoms with van der Waals surface area (Å²) in [5.74, 6) is -0.795. The number of nitrogens with zero attached hydrogens (tertiary/aromatic N) is 1. The minimum absolute atomic E-state index is 0.0857. The lowest BCUT2D eigenvalue weighted by atomic mass is 9.88. The quantitative estimate of drug-likeness (QED) is 0.780. The first-order valence-electron chi connectivity index (χ1n) is 6.51. The number of carbonyl (C=O) groups is 2. The first-order valence-corrected chi connectivity index (χ1v) is 6.51. The van der Waals surface area contributed by atoms with E-state index >= 15 is 0 Å². The summed E-state index contributed by atoms with van der Waals surface area (Å²) in [7, 11) is 0. The summed E-state index contributed by atoms with van der Waals surface area (Å²) in [6, 6.07) is 0. The summed E-state index contributed by atoms with van der Waals surface area (Å²) in [6.45, 7) is 5.87. The Kier molecular flexibility index (Phi) is 3.03. The maximum atomic E-state index is 12.2. The van der Waals surface area contributed by atoms with Crippen molar-refractivity contribution in [3.63, 3.8) is 0 Å². The van der Waals surface area contributed by atoms with Gasteiger partial charge in [-0.1, -0.05) is 6.42 Å². The Morgan fingerprint density at radius 3 is 2.56 bits per heavy atom. The Balaban J connectivity index is 2.23. The molecule has 1 aliphatic heterocycles. The first-order chi connectivity index (χ1) is 8.27. The minimum Gasteiger partial charge on any atom is -0.479 e. The van der Waals surface area contributed by atoms with Crippen LogP contribution in [0.15, 0.2) is 0 Å². The van der Waals surface area contributed by atoms with Crippen molar-refractivity contribution in [2.24, 2.45) is 5.92 Å². The lowest BCUT2D eigenvalue weighted by Gasteiger charge is -2.35. The van der Waals surface area contributed by atoms with E-state index in [4.69, 9.17) is 4.74 Å². The van der Waals surface area contributed by atoms with Gasteiger partial charge in [-0.3, -0.25) is 4.90 Å². The number of likely N-dealkylation sites (tertiary alicyclic amines) is 1. The maximum absolute atomic E-state index is 12.2. The molecule has 1 saturated carbocycles. The zero-order valence-electron chi connectivity index (χ0n) is 11.2. The molecule has 0 aromatic heterocycles. The van der Waals surface area contributed by atoms with E-state index < -0.39 is 23.2 Å². The third-order valence-electron chi connectivity index (χ3n) is 3.95. The van der Waals surface area contributed by atoms with Crippen molar-refractivity contribution >= 4 is 12.1 Å². The fourth-order valence-electron chi connectivity index (χ4n) is 3.25. The molecule has 5 heteroatoms. The van der Waals surface area contributed by atoms with Gasteiger partial charge in [0.1, 0.15) is 11.1 Å². The molecular weight excluding hydrogens is 234 g/mol. The number of ether oxygens (including phenoxy) is 1.